The zero-order chi connectivity index (χ0) is 9.26. The zero-order valence-electron chi connectivity index (χ0n) is 8.71. The monoisotopic (exact) mass is 182 g/mol. The van der Waals surface area contributed by atoms with Crippen molar-refractivity contribution in [1.29, 1.82) is 0 Å². The van der Waals surface area contributed by atoms with Gasteiger partial charge in [-0.1, -0.05) is 13.3 Å². The van der Waals surface area contributed by atoms with Crippen LogP contribution in [0.5, 0.6) is 0 Å². The van der Waals surface area contributed by atoms with Crippen LogP contribution in [0.15, 0.2) is 0 Å². The maximum atomic E-state index is 6.22. The Morgan fingerprint density at radius 2 is 2.08 bits per heavy atom. The summed E-state index contributed by atoms with van der Waals surface area (Å²) in [5, 5.41) is 0. The molecule has 2 N–H and O–H groups in total. The highest BCUT2D eigenvalue weighted by atomic mass is 15.2. The van der Waals surface area contributed by atoms with Gasteiger partial charge in [0.05, 0.1) is 0 Å². The van der Waals surface area contributed by atoms with Gasteiger partial charge in [0.15, 0.2) is 0 Å². The molecule has 3 aliphatic heterocycles. The van der Waals surface area contributed by atoms with Crippen LogP contribution in [-0.2, 0) is 0 Å². The van der Waals surface area contributed by atoms with Crippen molar-refractivity contribution in [2.45, 2.75) is 38.6 Å². The third kappa shape index (κ3) is 1.89. The van der Waals surface area contributed by atoms with Crippen molar-refractivity contribution >= 4 is 0 Å². The molecule has 0 aromatic heterocycles. The summed E-state index contributed by atoms with van der Waals surface area (Å²) in [4.78, 5) is 2.60. The van der Waals surface area contributed by atoms with E-state index < -0.39 is 0 Å². The normalized spacial score (nSPS) is 40.6. The minimum absolute atomic E-state index is 0.470. The lowest BCUT2D eigenvalue weighted by molar-refractivity contribution is 0.0362. The average Bonchev–Trinajstić information content (AvgIpc) is 2.20. The lowest BCUT2D eigenvalue weighted by Gasteiger charge is -2.47. The van der Waals surface area contributed by atoms with Gasteiger partial charge in [-0.15, -0.1) is 0 Å². The first-order chi connectivity index (χ1) is 6.31. The number of hydrogen-bond donors (Lipinski definition) is 1. The Kier molecular flexibility index (Phi) is 2.89. The van der Waals surface area contributed by atoms with E-state index in [9.17, 15) is 0 Å². The topological polar surface area (TPSA) is 29.3 Å². The lowest BCUT2D eigenvalue weighted by atomic mass is 9.74. The maximum Gasteiger partial charge on any atom is 0.00819 e. The Hall–Kier alpha value is -0.0800. The quantitative estimate of drug-likeness (QED) is 0.716. The smallest absolute Gasteiger partial charge is 0.00819 e. The minimum Gasteiger partial charge on any atom is -0.327 e. The van der Waals surface area contributed by atoms with Crippen LogP contribution >= 0.6 is 0 Å². The fourth-order valence-electron chi connectivity index (χ4n) is 3.04. The first-order valence-corrected chi connectivity index (χ1v) is 5.79. The van der Waals surface area contributed by atoms with Gasteiger partial charge in [-0.2, -0.15) is 0 Å². The second-order valence-electron chi connectivity index (χ2n) is 4.75. The fraction of sp³-hybridized carbons (Fsp3) is 1.00. The number of fused-ring (bicyclic) bond motifs is 3. The maximum absolute atomic E-state index is 6.22. The van der Waals surface area contributed by atoms with Crippen LogP contribution in [0.2, 0.25) is 0 Å². The number of nitrogens with zero attached hydrogens (tertiary/aromatic N) is 1. The van der Waals surface area contributed by atoms with Crippen molar-refractivity contribution in [3.8, 4) is 0 Å². The van der Waals surface area contributed by atoms with Crippen LogP contribution < -0.4 is 5.73 Å². The summed E-state index contributed by atoms with van der Waals surface area (Å²) >= 11 is 0. The van der Waals surface area contributed by atoms with E-state index in [1.165, 1.54) is 45.3 Å². The van der Waals surface area contributed by atoms with Gasteiger partial charge in [0.1, 0.15) is 0 Å². The summed E-state index contributed by atoms with van der Waals surface area (Å²) in [5.74, 6) is 1.76. The van der Waals surface area contributed by atoms with Crippen molar-refractivity contribution in [3.05, 3.63) is 0 Å². The van der Waals surface area contributed by atoms with Crippen molar-refractivity contribution in [2.24, 2.45) is 17.6 Å². The molecule has 0 aliphatic carbocycles. The molecule has 0 saturated carbocycles. The number of nitrogens with two attached hydrogens (primary N) is 1. The molecule has 2 atom stereocenters. The van der Waals surface area contributed by atoms with E-state index in [2.05, 4.69) is 11.8 Å². The molecule has 3 fully saturated rings. The van der Waals surface area contributed by atoms with Gasteiger partial charge in [0.2, 0.25) is 0 Å². The summed E-state index contributed by atoms with van der Waals surface area (Å²) in [7, 11) is 0. The van der Waals surface area contributed by atoms with Crippen LogP contribution in [0.3, 0.4) is 0 Å². The summed E-state index contributed by atoms with van der Waals surface area (Å²) < 4.78 is 0. The van der Waals surface area contributed by atoms with Gasteiger partial charge in [0.25, 0.3) is 0 Å². The molecule has 13 heavy (non-hydrogen) atoms. The van der Waals surface area contributed by atoms with E-state index >= 15 is 0 Å². The minimum atomic E-state index is 0.470. The third-order valence-electron chi connectivity index (χ3n) is 3.88. The van der Waals surface area contributed by atoms with Gasteiger partial charge < -0.3 is 10.6 Å². The SMILES string of the molecule is CCCC(N)C1CN2CCC1CC2. The Morgan fingerprint density at radius 3 is 2.54 bits per heavy atom. The highest BCUT2D eigenvalue weighted by Crippen LogP contribution is 2.34. The van der Waals surface area contributed by atoms with Crippen molar-refractivity contribution in [2.75, 3.05) is 19.6 Å². The van der Waals surface area contributed by atoms with Gasteiger partial charge >= 0.3 is 0 Å². The van der Waals surface area contributed by atoms with Crippen LogP contribution in [0.4, 0.5) is 0 Å². The molecule has 0 aromatic carbocycles. The molecule has 3 saturated heterocycles. The predicted octanol–water partition coefficient (Wildman–Crippen LogP) is 1.46. The van der Waals surface area contributed by atoms with Gasteiger partial charge in [-0.25, -0.2) is 0 Å². The summed E-state index contributed by atoms with van der Waals surface area (Å²) in [5.41, 5.74) is 6.22. The van der Waals surface area contributed by atoms with E-state index in [0.29, 0.717) is 6.04 Å². The van der Waals surface area contributed by atoms with E-state index in [0.717, 1.165) is 11.8 Å². The Morgan fingerprint density at radius 1 is 1.38 bits per heavy atom. The second-order valence-corrected chi connectivity index (χ2v) is 4.75. The number of hydrogen-bond acceptors (Lipinski definition) is 2. The number of rotatable bonds is 3. The van der Waals surface area contributed by atoms with E-state index in [-0.39, 0.29) is 0 Å². The van der Waals surface area contributed by atoms with Crippen LogP contribution in [0.1, 0.15) is 32.6 Å². The van der Waals surface area contributed by atoms with Crippen molar-refractivity contribution in [3.63, 3.8) is 0 Å². The van der Waals surface area contributed by atoms with E-state index in [1.807, 2.05) is 0 Å². The average molecular weight is 182 g/mol. The molecule has 3 heterocycles. The first-order valence-electron chi connectivity index (χ1n) is 5.79. The van der Waals surface area contributed by atoms with Crippen molar-refractivity contribution < 1.29 is 0 Å². The van der Waals surface area contributed by atoms with Crippen LogP contribution in [0, 0.1) is 11.8 Å². The summed E-state index contributed by atoms with van der Waals surface area (Å²) in [6.07, 6.45) is 5.27. The molecule has 3 aliphatic rings. The highest BCUT2D eigenvalue weighted by molar-refractivity contribution is 4.91. The molecule has 0 amide bonds. The molecular weight excluding hydrogens is 160 g/mol. The first kappa shape index (κ1) is 9.47. The van der Waals surface area contributed by atoms with Gasteiger partial charge in [-0.05, 0) is 44.2 Å². The van der Waals surface area contributed by atoms with Crippen molar-refractivity contribution in [1.82, 2.24) is 4.90 Å². The Bertz CT molecular complexity index is 161. The van der Waals surface area contributed by atoms with Crippen LogP contribution in [0.25, 0.3) is 0 Å². The standard InChI is InChI=1S/C11H22N2/c1-2-3-11(12)10-8-13-6-4-9(10)5-7-13/h9-11H,2-8,12H2,1H3. The Labute approximate surface area is 81.5 Å². The lowest BCUT2D eigenvalue weighted by Crippen LogP contribution is -2.53. The molecule has 2 heteroatoms. The van der Waals surface area contributed by atoms with Gasteiger partial charge in [-0.3, -0.25) is 0 Å². The molecule has 2 nitrogen and oxygen atoms in total. The van der Waals surface area contributed by atoms with E-state index in [1.54, 1.807) is 0 Å². The zero-order valence-corrected chi connectivity index (χ0v) is 8.71. The highest BCUT2D eigenvalue weighted by Gasteiger charge is 2.36. The number of piperidine rings is 3. The molecule has 2 unspecified atom stereocenters. The summed E-state index contributed by atoms with van der Waals surface area (Å²) in [6.45, 7) is 6.19. The largest absolute Gasteiger partial charge is 0.327 e. The molecule has 3 rings (SSSR count). The predicted molar refractivity (Wildman–Crippen MR) is 55.5 cm³/mol. The summed E-state index contributed by atoms with van der Waals surface area (Å²) in [6, 6.07) is 0.470. The van der Waals surface area contributed by atoms with Gasteiger partial charge in [0, 0.05) is 12.6 Å². The second kappa shape index (κ2) is 3.97. The molecule has 0 aromatic rings. The molecule has 76 valence electrons. The molecule has 0 spiro atoms. The molecule has 0 radical (unpaired) electrons. The molecule has 2 bridgehead atoms. The third-order valence-corrected chi connectivity index (χ3v) is 3.88. The van der Waals surface area contributed by atoms with Crippen LogP contribution in [-0.4, -0.2) is 30.6 Å². The fourth-order valence-corrected chi connectivity index (χ4v) is 3.04. The molecular formula is C11H22N2. The Balaban J connectivity index is 1.92. The van der Waals surface area contributed by atoms with E-state index in [4.69, 9.17) is 5.73 Å².